The Morgan fingerprint density at radius 1 is 0.905 bits per heavy atom. The van der Waals surface area contributed by atoms with Crippen molar-refractivity contribution in [2.45, 2.75) is 26.3 Å². The SMILES string of the molecule is Cc1ccc(N=C2CCN(Cc3ccccc3)CC2)cc1. The highest BCUT2D eigenvalue weighted by molar-refractivity contribution is 5.87. The first kappa shape index (κ1) is 14.0. The van der Waals surface area contributed by atoms with Crippen LogP contribution in [0.25, 0.3) is 0 Å². The van der Waals surface area contributed by atoms with E-state index in [2.05, 4.69) is 66.4 Å². The number of aliphatic imine (C=N–C) groups is 1. The van der Waals surface area contributed by atoms with E-state index in [-0.39, 0.29) is 0 Å². The number of nitrogens with zero attached hydrogens (tertiary/aromatic N) is 2. The molecule has 0 aliphatic carbocycles. The number of benzene rings is 2. The van der Waals surface area contributed by atoms with Crippen LogP contribution in [-0.4, -0.2) is 23.7 Å². The maximum atomic E-state index is 4.79. The highest BCUT2D eigenvalue weighted by Gasteiger charge is 2.15. The van der Waals surface area contributed by atoms with Crippen molar-refractivity contribution in [2.75, 3.05) is 13.1 Å². The molecule has 0 aromatic heterocycles. The molecule has 0 amide bonds. The van der Waals surface area contributed by atoms with Crippen LogP contribution in [0.1, 0.15) is 24.0 Å². The lowest BCUT2D eigenvalue weighted by atomic mass is 10.1. The Labute approximate surface area is 127 Å². The van der Waals surface area contributed by atoms with Gasteiger partial charge in [-0.25, -0.2) is 0 Å². The van der Waals surface area contributed by atoms with Crippen LogP contribution in [0.5, 0.6) is 0 Å². The fraction of sp³-hybridized carbons (Fsp3) is 0.316. The van der Waals surface area contributed by atoms with E-state index in [0.717, 1.165) is 38.2 Å². The molecule has 0 atom stereocenters. The molecule has 3 rings (SSSR count). The van der Waals surface area contributed by atoms with Crippen LogP contribution < -0.4 is 0 Å². The zero-order valence-electron chi connectivity index (χ0n) is 12.6. The topological polar surface area (TPSA) is 15.6 Å². The van der Waals surface area contributed by atoms with Gasteiger partial charge in [-0.15, -0.1) is 0 Å². The number of rotatable bonds is 3. The number of likely N-dealkylation sites (tertiary alicyclic amines) is 1. The first-order valence-corrected chi connectivity index (χ1v) is 7.69. The second-order valence-electron chi connectivity index (χ2n) is 5.78. The smallest absolute Gasteiger partial charge is 0.0629 e. The zero-order chi connectivity index (χ0) is 14.5. The summed E-state index contributed by atoms with van der Waals surface area (Å²) in [5.41, 5.74) is 5.11. The summed E-state index contributed by atoms with van der Waals surface area (Å²) in [6.45, 7) is 5.39. The minimum Gasteiger partial charge on any atom is -0.298 e. The Morgan fingerprint density at radius 3 is 2.24 bits per heavy atom. The van der Waals surface area contributed by atoms with Crippen LogP contribution in [0.15, 0.2) is 59.6 Å². The lowest BCUT2D eigenvalue weighted by Crippen LogP contribution is -2.33. The lowest BCUT2D eigenvalue weighted by Gasteiger charge is -2.27. The van der Waals surface area contributed by atoms with Gasteiger partial charge in [-0.2, -0.15) is 0 Å². The van der Waals surface area contributed by atoms with E-state index < -0.39 is 0 Å². The third-order valence-electron chi connectivity index (χ3n) is 4.00. The molecule has 2 nitrogen and oxygen atoms in total. The van der Waals surface area contributed by atoms with Gasteiger partial charge in [-0.3, -0.25) is 9.89 Å². The molecular formula is C19H22N2. The zero-order valence-corrected chi connectivity index (χ0v) is 12.6. The number of piperidine rings is 1. The number of hydrogen-bond acceptors (Lipinski definition) is 2. The van der Waals surface area contributed by atoms with E-state index >= 15 is 0 Å². The largest absolute Gasteiger partial charge is 0.298 e. The molecule has 21 heavy (non-hydrogen) atoms. The van der Waals surface area contributed by atoms with Gasteiger partial charge in [0.25, 0.3) is 0 Å². The summed E-state index contributed by atoms with van der Waals surface area (Å²) in [5.74, 6) is 0. The molecule has 1 aliphatic rings. The Bertz CT molecular complexity index is 589. The summed E-state index contributed by atoms with van der Waals surface area (Å²) in [4.78, 5) is 7.31. The van der Waals surface area contributed by atoms with E-state index in [0.29, 0.717) is 0 Å². The van der Waals surface area contributed by atoms with Crippen LogP contribution in [0.3, 0.4) is 0 Å². The summed E-state index contributed by atoms with van der Waals surface area (Å²) in [6.07, 6.45) is 2.17. The van der Waals surface area contributed by atoms with Gasteiger partial charge in [-0.1, -0.05) is 48.0 Å². The molecule has 1 saturated heterocycles. The number of hydrogen-bond donors (Lipinski definition) is 0. The summed E-state index contributed by atoms with van der Waals surface area (Å²) in [6, 6.07) is 19.2. The summed E-state index contributed by atoms with van der Waals surface area (Å²) >= 11 is 0. The molecule has 0 N–H and O–H groups in total. The fourth-order valence-electron chi connectivity index (χ4n) is 2.72. The van der Waals surface area contributed by atoms with E-state index in [1.807, 2.05) is 0 Å². The van der Waals surface area contributed by atoms with E-state index in [4.69, 9.17) is 4.99 Å². The van der Waals surface area contributed by atoms with Crippen LogP contribution in [0, 0.1) is 6.92 Å². The quantitative estimate of drug-likeness (QED) is 0.814. The molecule has 0 spiro atoms. The minimum atomic E-state index is 1.05. The van der Waals surface area contributed by atoms with Gasteiger partial charge in [-0.05, 0) is 37.5 Å². The molecule has 2 aromatic rings. The highest BCUT2D eigenvalue weighted by atomic mass is 15.1. The van der Waals surface area contributed by atoms with E-state index in [1.165, 1.54) is 16.8 Å². The normalized spacial score (nSPS) is 16.0. The molecule has 0 saturated carbocycles. The summed E-state index contributed by atoms with van der Waals surface area (Å²) in [5, 5.41) is 0. The Hall–Kier alpha value is -1.93. The third-order valence-corrected chi connectivity index (χ3v) is 4.00. The third kappa shape index (κ3) is 4.02. The van der Waals surface area contributed by atoms with Crippen molar-refractivity contribution in [3.63, 3.8) is 0 Å². The van der Waals surface area contributed by atoms with E-state index in [1.54, 1.807) is 0 Å². The number of aryl methyl sites for hydroxylation is 1. The van der Waals surface area contributed by atoms with Crippen LogP contribution in [-0.2, 0) is 6.54 Å². The van der Waals surface area contributed by atoms with Crippen molar-refractivity contribution in [2.24, 2.45) is 4.99 Å². The minimum absolute atomic E-state index is 1.05. The van der Waals surface area contributed by atoms with Gasteiger partial charge in [0.15, 0.2) is 0 Å². The first-order chi connectivity index (χ1) is 10.3. The van der Waals surface area contributed by atoms with Gasteiger partial charge < -0.3 is 0 Å². The van der Waals surface area contributed by atoms with Crippen molar-refractivity contribution in [3.8, 4) is 0 Å². The monoisotopic (exact) mass is 278 g/mol. The van der Waals surface area contributed by atoms with Crippen LogP contribution in [0.2, 0.25) is 0 Å². The van der Waals surface area contributed by atoms with Crippen molar-refractivity contribution >= 4 is 11.4 Å². The van der Waals surface area contributed by atoms with Gasteiger partial charge >= 0.3 is 0 Å². The molecule has 108 valence electrons. The Balaban J connectivity index is 1.56. The molecule has 0 bridgehead atoms. The van der Waals surface area contributed by atoms with Crippen molar-refractivity contribution in [1.29, 1.82) is 0 Å². The Kier molecular flexibility index (Phi) is 4.46. The standard InChI is InChI=1S/C19H22N2/c1-16-7-9-18(10-8-16)20-19-11-13-21(14-12-19)15-17-5-3-2-4-6-17/h2-10H,11-15H2,1H3. The second-order valence-corrected chi connectivity index (χ2v) is 5.78. The average molecular weight is 278 g/mol. The second kappa shape index (κ2) is 6.68. The Morgan fingerprint density at radius 2 is 1.57 bits per heavy atom. The first-order valence-electron chi connectivity index (χ1n) is 7.69. The molecule has 1 fully saturated rings. The maximum Gasteiger partial charge on any atom is 0.0629 e. The van der Waals surface area contributed by atoms with Crippen molar-refractivity contribution < 1.29 is 0 Å². The van der Waals surface area contributed by atoms with Crippen LogP contribution in [0.4, 0.5) is 5.69 Å². The average Bonchev–Trinajstić information content (AvgIpc) is 2.53. The van der Waals surface area contributed by atoms with Gasteiger partial charge in [0.1, 0.15) is 0 Å². The summed E-state index contributed by atoms with van der Waals surface area (Å²) in [7, 11) is 0. The van der Waals surface area contributed by atoms with Crippen molar-refractivity contribution in [1.82, 2.24) is 4.90 Å². The highest BCUT2D eigenvalue weighted by Crippen LogP contribution is 2.17. The van der Waals surface area contributed by atoms with Gasteiger partial charge in [0.05, 0.1) is 5.69 Å². The van der Waals surface area contributed by atoms with Crippen molar-refractivity contribution in [3.05, 3.63) is 65.7 Å². The molecule has 0 unspecified atom stereocenters. The predicted octanol–water partition coefficient (Wildman–Crippen LogP) is 4.36. The molecule has 0 radical (unpaired) electrons. The fourth-order valence-corrected chi connectivity index (χ4v) is 2.72. The maximum absolute atomic E-state index is 4.79. The van der Waals surface area contributed by atoms with E-state index in [9.17, 15) is 0 Å². The lowest BCUT2D eigenvalue weighted by molar-refractivity contribution is 0.266. The van der Waals surface area contributed by atoms with Gasteiger partial charge in [0, 0.05) is 25.3 Å². The molecule has 1 heterocycles. The predicted molar refractivity (Wildman–Crippen MR) is 89.2 cm³/mol. The molecular weight excluding hydrogens is 256 g/mol. The molecule has 2 aromatic carbocycles. The summed E-state index contributed by atoms with van der Waals surface area (Å²) < 4.78 is 0. The van der Waals surface area contributed by atoms with Crippen LogP contribution >= 0.6 is 0 Å². The molecule has 2 heteroatoms. The molecule has 1 aliphatic heterocycles. The van der Waals surface area contributed by atoms with Gasteiger partial charge in [0.2, 0.25) is 0 Å².